The monoisotopic (exact) mass is 559 g/mol. The molecule has 0 bridgehead atoms. The minimum absolute atomic E-state index is 0.0409. The number of aryl methyl sites for hydroxylation is 2. The highest BCUT2D eigenvalue weighted by Gasteiger charge is 2.22. The number of nitrogen functional groups attached to an aromatic ring is 2. The fourth-order valence-corrected chi connectivity index (χ4v) is 4.44. The van der Waals surface area contributed by atoms with Crippen molar-refractivity contribution in [2.75, 3.05) is 18.0 Å². The lowest BCUT2D eigenvalue weighted by Crippen LogP contribution is -2.43. The van der Waals surface area contributed by atoms with Gasteiger partial charge in [-0.15, -0.1) is 0 Å². The van der Waals surface area contributed by atoms with Crippen molar-refractivity contribution in [2.45, 2.75) is 31.7 Å². The number of hydrogen-bond acceptors (Lipinski definition) is 8. The van der Waals surface area contributed by atoms with Crippen LogP contribution in [-0.4, -0.2) is 61.5 Å². The Hall–Kier alpha value is -5.46. The van der Waals surface area contributed by atoms with Gasteiger partial charge in [0.1, 0.15) is 17.5 Å². The predicted molar refractivity (Wildman–Crippen MR) is 150 cm³/mol. The molecule has 0 unspecified atom stereocenters. The van der Waals surface area contributed by atoms with Crippen molar-refractivity contribution in [3.8, 4) is 0 Å². The normalized spacial score (nSPS) is 11.6. The Morgan fingerprint density at radius 1 is 0.902 bits per heavy atom. The summed E-state index contributed by atoms with van der Waals surface area (Å²) in [7, 11) is 0. The maximum atomic E-state index is 12.7. The van der Waals surface area contributed by atoms with Crippen LogP contribution in [0, 0.1) is 0 Å². The van der Waals surface area contributed by atoms with E-state index < -0.39 is 29.8 Å². The summed E-state index contributed by atoms with van der Waals surface area (Å²) >= 11 is 0. The van der Waals surface area contributed by atoms with Crippen LogP contribution in [0.25, 0.3) is 11.0 Å². The number of aromatic amines is 1. The SMILES string of the molecule is Nc1nc(N)c2c(CCCc3ccc(C(=O)N[C@@H](CCNC(=O)c4ccccc4C(=O)O)C(=O)O)cc3)c[nH]c2n1. The summed E-state index contributed by atoms with van der Waals surface area (Å²) in [5.74, 6) is -3.31. The third-order valence-electron chi connectivity index (χ3n) is 6.51. The Balaban J connectivity index is 1.28. The van der Waals surface area contributed by atoms with E-state index in [1.165, 1.54) is 24.3 Å². The van der Waals surface area contributed by atoms with Crippen LogP contribution in [0.1, 0.15) is 55.0 Å². The first-order chi connectivity index (χ1) is 19.6. The van der Waals surface area contributed by atoms with E-state index in [0.717, 1.165) is 35.8 Å². The Labute approximate surface area is 234 Å². The summed E-state index contributed by atoms with van der Waals surface area (Å²) in [4.78, 5) is 59.3. The molecule has 212 valence electrons. The highest BCUT2D eigenvalue weighted by molar-refractivity contribution is 6.04. The van der Waals surface area contributed by atoms with Gasteiger partial charge in [-0.25, -0.2) is 9.59 Å². The molecule has 0 spiro atoms. The van der Waals surface area contributed by atoms with E-state index in [-0.39, 0.29) is 30.0 Å². The number of carbonyl (C=O) groups is 4. The summed E-state index contributed by atoms with van der Waals surface area (Å²) < 4.78 is 0. The number of nitrogens with zero attached hydrogens (tertiary/aromatic N) is 2. The van der Waals surface area contributed by atoms with E-state index >= 15 is 0 Å². The van der Waals surface area contributed by atoms with Crippen LogP contribution in [0.4, 0.5) is 11.8 Å². The smallest absolute Gasteiger partial charge is 0.336 e. The molecule has 2 heterocycles. The molecule has 0 saturated carbocycles. The largest absolute Gasteiger partial charge is 0.480 e. The van der Waals surface area contributed by atoms with Crippen LogP contribution in [0.5, 0.6) is 0 Å². The van der Waals surface area contributed by atoms with Crippen molar-refractivity contribution in [3.63, 3.8) is 0 Å². The number of H-pyrrole nitrogens is 1. The summed E-state index contributed by atoms with van der Waals surface area (Å²) in [6.07, 6.45) is 3.98. The number of aromatic carboxylic acids is 1. The zero-order valence-electron chi connectivity index (χ0n) is 21.9. The Bertz CT molecular complexity index is 1600. The molecular formula is C28H29N7O6. The number of aliphatic carboxylic acids is 1. The first kappa shape index (κ1) is 28.5. The van der Waals surface area contributed by atoms with Gasteiger partial charge in [0, 0.05) is 18.3 Å². The third-order valence-corrected chi connectivity index (χ3v) is 6.51. The van der Waals surface area contributed by atoms with Crippen LogP contribution in [0.3, 0.4) is 0 Å². The van der Waals surface area contributed by atoms with Crippen molar-refractivity contribution in [1.82, 2.24) is 25.6 Å². The zero-order valence-corrected chi connectivity index (χ0v) is 21.9. The Morgan fingerprint density at radius 3 is 2.29 bits per heavy atom. The second-order valence-electron chi connectivity index (χ2n) is 9.31. The predicted octanol–water partition coefficient (Wildman–Crippen LogP) is 2.00. The molecule has 0 aliphatic rings. The van der Waals surface area contributed by atoms with Gasteiger partial charge in [0.15, 0.2) is 0 Å². The average molecular weight is 560 g/mol. The lowest BCUT2D eigenvalue weighted by atomic mass is 10.0. The number of rotatable bonds is 12. The summed E-state index contributed by atoms with van der Waals surface area (Å²) in [6.45, 7) is -0.0927. The number of nitrogens with two attached hydrogens (primary N) is 2. The number of carbonyl (C=O) groups excluding carboxylic acids is 2. The Morgan fingerprint density at radius 2 is 1.61 bits per heavy atom. The van der Waals surface area contributed by atoms with Crippen LogP contribution in [0.2, 0.25) is 0 Å². The third kappa shape index (κ3) is 6.95. The number of fused-ring (bicyclic) bond motifs is 1. The van der Waals surface area contributed by atoms with E-state index in [2.05, 4.69) is 25.6 Å². The Kier molecular flexibility index (Phi) is 8.77. The van der Waals surface area contributed by atoms with Gasteiger partial charge in [0.25, 0.3) is 11.8 Å². The molecule has 4 rings (SSSR count). The molecule has 0 aliphatic heterocycles. The number of anilines is 2. The number of benzene rings is 2. The first-order valence-corrected chi connectivity index (χ1v) is 12.8. The average Bonchev–Trinajstić information content (AvgIpc) is 3.35. The van der Waals surface area contributed by atoms with E-state index in [9.17, 15) is 29.4 Å². The van der Waals surface area contributed by atoms with Crippen molar-refractivity contribution >= 4 is 46.6 Å². The molecule has 0 saturated heterocycles. The van der Waals surface area contributed by atoms with Gasteiger partial charge in [-0.1, -0.05) is 24.3 Å². The number of carboxylic acids is 2. The van der Waals surface area contributed by atoms with Crippen molar-refractivity contribution < 1.29 is 29.4 Å². The first-order valence-electron chi connectivity index (χ1n) is 12.8. The highest BCUT2D eigenvalue weighted by atomic mass is 16.4. The van der Waals surface area contributed by atoms with Gasteiger partial charge in [0.2, 0.25) is 5.95 Å². The van der Waals surface area contributed by atoms with Crippen LogP contribution >= 0.6 is 0 Å². The van der Waals surface area contributed by atoms with Gasteiger partial charge in [0.05, 0.1) is 16.5 Å². The maximum absolute atomic E-state index is 12.7. The molecule has 2 amide bonds. The van der Waals surface area contributed by atoms with E-state index in [4.69, 9.17) is 11.5 Å². The molecule has 1 atom stereocenters. The highest BCUT2D eigenvalue weighted by Crippen LogP contribution is 2.24. The van der Waals surface area contributed by atoms with Crippen LogP contribution in [-0.2, 0) is 17.6 Å². The molecule has 0 radical (unpaired) electrons. The van der Waals surface area contributed by atoms with E-state index in [0.29, 0.717) is 17.0 Å². The van der Waals surface area contributed by atoms with Gasteiger partial charge >= 0.3 is 11.9 Å². The molecule has 41 heavy (non-hydrogen) atoms. The number of amides is 2. The quantitative estimate of drug-likeness (QED) is 0.133. The van der Waals surface area contributed by atoms with Gasteiger partial charge in [-0.2, -0.15) is 9.97 Å². The molecule has 0 aliphatic carbocycles. The zero-order chi connectivity index (χ0) is 29.5. The number of nitrogens with one attached hydrogen (secondary N) is 3. The van der Waals surface area contributed by atoms with Gasteiger partial charge in [-0.05, 0) is 61.1 Å². The molecule has 9 N–H and O–H groups in total. The molecule has 2 aromatic heterocycles. The number of aromatic nitrogens is 3. The second-order valence-corrected chi connectivity index (χ2v) is 9.31. The molecule has 0 fully saturated rings. The molecule has 13 heteroatoms. The van der Waals surface area contributed by atoms with Crippen molar-refractivity contribution in [1.29, 1.82) is 0 Å². The van der Waals surface area contributed by atoms with Crippen molar-refractivity contribution in [2.24, 2.45) is 0 Å². The molecule has 13 nitrogen and oxygen atoms in total. The van der Waals surface area contributed by atoms with Gasteiger partial charge < -0.3 is 37.3 Å². The standard InChI is InChI=1S/C28H29N7O6/c29-22-21-17(14-32-23(21)35-28(30)34-22)5-3-4-15-8-10-16(11-9-15)24(36)33-20(27(40)41)12-13-31-25(37)18-6-1-2-7-19(18)26(38)39/h1-2,6-11,14,20H,3-5,12-13H2,(H,31,37)(H,33,36)(H,38,39)(H,40,41)(H5,29,30,32,34,35)/t20-/m0/s1. The number of carboxylic acid groups (broad SMARTS) is 2. The summed E-state index contributed by atoms with van der Waals surface area (Å²) in [6, 6.07) is 11.3. The fraction of sp³-hybridized carbons (Fsp3) is 0.214. The molecule has 2 aromatic carbocycles. The summed E-state index contributed by atoms with van der Waals surface area (Å²) in [5, 5.41) is 24.5. The minimum atomic E-state index is -1.26. The number of hydrogen-bond donors (Lipinski definition) is 7. The van der Waals surface area contributed by atoms with Crippen LogP contribution in [0.15, 0.2) is 54.7 Å². The van der Waals surface area contributed by atoms with Crippen LogP contribution < -0.4 is 22.1 Å². The maximum Gasteiger partial charge on any atom is 0.336 e. The molecular weight excluding hydrogens is 530 g/mol. The minimum Gasteiger partial charge on any atom is -0.480 e. The topological polar surface area (TPSA) is 226 Å². The molecule has 4 aromatic rings. The fourth-order valence-electron chi connectivity index (χ4n) is 4.44. The lowest BCUT2D eigenvalue weighted by molar-refractivity contribution is -0.139. The second kappa shape index (κ2) is 12.6. The summed E-state index contributed by atoms with van der Waals surface area (Å²) in [5.41, 5.74) is 14.3. The van der Waals surface area contributed by atoms with E-state index in [1.807, 2.05) is 6.20 Å². The van der Waals surface area contributed by atoms with E-state index in [1.54, 1.807) is 24.3 Å². The lowest BCUT2D eigenvalue weighted by Gasteiger charge is -2.15. The van der Waals surface area contributed by atoms with Gasteiger partial charge in [-0.3, -0.25) is 9.59 Å². The van der Waals surface area contributed by atoms with Crippen molar-refractivity contribution in [3.05, 3.63) is 82.5 Å².